The van der Waals surface area contributed by atoms with Crippen LogP contribution in [-0.4, -0.2) is 34.9 Å². The van der Waals surface area contributed by atoms with E-state index in [0.29, 0.717) is 30.8 Å². The zero-order valence-corrected chi connectivity index (χ0v) is 16.0. The van der Waals surface area contributed by atoms with Crippen molar-refractivity contribution in [1.29, 1.82) is 0 Å². The zero-order valence-electron chi connectivity index (χ0n) is 16.0. The van der Waals surface area contributed by atoms with Crippen LogP contribution < -0.4 is 9.47 Å². The van der Waals surface area contributed by atoms with E-state index < -0.39 is 5.97 Å². The molecule has 0 unspecified atom stereocenters. The van der Waals surface area contributed by atoms with Crippen LogP contribution in [0.5, 0.6) is 17.2 Å². The number of aliphatic carboxylic acids is 1. The standard InChI is InChI=1S/C22H25NO5/c1-27-21-18(20-16(9-11-28-20)13-19(21)24)12-17(22(25)26)8-4-2-3-6-15-7-5-10-23-14-15/h5,7,10,12-14,24H,2-4,6,8-9,11H2,1H3,(H,25,26)/b17-12-. The van der Waals surface area contributed by atoms with Crippen molar-refractivity contribution in [2.75, 3.05) is 13.7 Å². The van der Waals surface area contributed by atoms with E-state index >= 15 is 0 Å². The third kappa shape index (κ3) is 4.63. The Morgan fingerprint density at radius 3 is 2.93 bits per heavy atom. The fourth-order valence-electron chi connectivity index (χ4n) is 3.46. The summed E-state index contributed by atoms with van der Waals surface area (Å²) in [6.07, 6.45) is 9.91. The first-order valence-corrected chi connectivity index (χ1v) is 9.48. The van der Waals surface area contributed by atoms with Gasteiger partial charge in [-0.1, -0.05) is 12.5 Å². The van der Waals surface area contributed by atoms with E-state index in [0.717, 1.165) is 31.2 Å². The number of fused-ring (bicyclic) bond motifs is 1. The monoisotopic (exact) mass is 383 g/mol. The minimum Gasteiger partial charge on any atom is -0.504 e. The smallest absolute Gasteiger partial charge is 0.331 e. The molecule has 1 aromatic heterocycles. The summed E-state index contributed by atoms with van der Waals surface area (Å²) in [5.74, 6) is -0.121. The molecule has 6 nitrogen and oxygen atoms in total. The van der Waals surface area contributed by atoms with Crippen molar-refractivity contribution in [3.05, 3.63) is 52.9 Å². The molecule has 28 heavy (non-hydrogen) atoms. The Kier molecular flexibility index (Phi) is 6.53. The maximum atomic E-state index is 11.8. The van der Waals surface area contributed by atoms with Crippen molar-refractivity contribution in [2.45, 2.75) is 38.5 Å². The van der Waals surface area contributed by atoms with Crippen LogP contribution in [0, 0.1) is 0 Å². The minimum absolute atomic E-state index is 0.000732. The van der Waals surface area contributed by atoms with E-state index in [1.54, 1.807) is 18.3 Å². The normalized spacial score (nSPS) is 13.1. The lowest BCUT2D eigenvalue weighted by Gasteiger charge is -2.13. The van der Waals surface area contributed by atoms with Crippen LogP contribution in [0.1, 0.15) is 42.4 Å². The second-order valence-electron chi connectivity index (χ2n) is 6.83. The summed E-state index contributed by atoms with van der Waals surface area (Å²) in [7, 11) is 1.45. The predicted octanol–water partition coefficient (Wildman–Crippen LogP) is 4.00. The number of carboxylic acid groups (broad SMARTS) is 1. The molecule has 0 atom stereocenters. The van der Waals surface area contributed by atoms with Gasteiger partial charge in [0.05, 0.1) is 19.3 Å². The first-order valence-electron chi connectivity index (χ1n) is 9.48. The van der Waals surface area contributed by atoms with Crippen LogP contribution in [-0.2, 0) is 17.6 Å². The molecule has 0 amide bonds. The number of aryl methyl sites for hydroxylation is 1. The molecule has 6 heteroatoms. The third-order valence-electron chi connectivity index (χ3n) is 4.87. The average molecular weight is 383 g/mol. The van der Waals surface area contributed by atoms with Gasteiger partial charge in [0, 0.05) is 30.0 Å². The van der Waals surface area contributed by atoms with Crippen LogP contribution >= 0.6 is 0 Å². The minimum atomic E-state index is -0.968. The van der Waals surface area contributed by atoms with E-state index in [2.05, 4.69) is 4.98 Å². The van der Waals surface area contributed by atoms with Crippen LogP contribution in [0.3, 0.4) is 0 Å². The van der Waals surface area contributed by atoms with E-state index in [-0.39, 0.29) is 17.1 Å². The van der Waals surface area contributed by atoms with Gasteiger partial charge in [-0.25, -0.2) is 4.79 Å². The van der Waals surface area contributed by atoms with Crippen LogP contribution in [0.25, 0.3) is 6.08 Å². The number of hydrogen-bond donors (Lipinski definition) is 2. The molecule has 0 saturated carbocycles. The summed E-state index contributed by atoms with van der Waals surface area (Å²) in [5.41, 5.74) is 2.84. The number of nitrogens with zero attached hydrogens (tertiary/aromatic N) is 1. The predicted molar refractivity (Wildman–Crippen MR) is 106 cm³/mol. The van der Waals surface area contributed by atoms with Gasteiger partial charge in [0.2, 0.25) is 0 Å². The van der Waals surface area contributed by atoms with Crippen LogP contribution in [0.2, 0.25) is 0 Å². The topological polar surface area (TPSA) is 88.9 Å². The number of hydrogen-bond acceptors (Lipinski definition) is 5. The van der Waals surface area contributed by atoms with Crippen LogP contribution in [0.4, 0.5) is 0 Å². The third-order valence-corrected chi connectivity index (χ3v) is 4.87. The highest BCUT2D eigenvalue weighted by Gasteiger charge is 2.23. The number of methoxy groups -OCH3 is 1. The molecule has 0 bridgehead atoms. The number of aromatic nitrogens is 1. The largest absolute Gasteiger partial charge is 0.504 e. The summed E-state index contributed by atoms with van der Waals surface area (Å²) in [5, 5.41) is 19.8. The first-order chi connectivity index (χ1) is 13.6. The van der Waals surface area contributed by atoms with Gasteiger partial charge >= 0.3 is 5.97 Å². The number of phenols is 1. The van der Waals surface area contributed by atoms with E-state index in [1.807, 2.05) is 18.3 Å². The molecule has 0 spiro atoms. The second kappa shape index (κ2) is 9.26. The summed E-state index contributed by atoms with van der Waals surface area (Å²) in [4.78, 5) is 15.9. The average Bonchev–Trinajstić information content (AvgIpc) is 3.15. The van der Waals surface area contributed by atoms with E-state index in [4.69, 9.17) is 9.47 Å². The maximum absolute atomic E-state index is 11.8. The van der Waals surface area contributed by atoms with Gasteiger partial charge in [-0.2, -0.15) is 0 Å². The number of aromatic hydroxyl groups is 1. The number of rotatable bonds is 9. The highest BCUT2D eigenvalue weighted by molar-refractivity contribution is 5.93. The van der Waals surface area contributed by atoms with Crippen molar-refractivity contribution >= 4 is 12.0 Å². The summed E-state index contributed by atoms with van der Waals surface area (Å²) in [6.45, 7) is 0.513. The molecule has 1 aliphatic heterocycles. The zero-order chi connectivity index (χ0) is 19.9. The molecule has 0 radical (unpaired) electrons. The molecule has 1 aromatic carbocycles. The number of carboxylic acids is 1. The van der Waals surface area contributed by atoms with Crippen molar-refractivity contribution < 1.29 is 24.5 Å². The van der Waals surface area contributed by atoms with Gasteiger partial charge < -0.3 is 19.7 Å². The molecule has 0 aliphatic carbocycles. The Balaban J connectivity index is 1.69. The fraction of sp³-hybridized carbons (Fsp3) is 0.364. The molecule has 2 heterocycles. The number of ether oxygens (including phenoxy) is 2. The van der Waals surface area contributed by atoms with Crippen molar-refractivity contribution in [2.24, 2.45) is 0 Å². The molecule has 3 rings (SSSR count). The second-order valence-corrected chi connectivity index (χ2v) is 6.83. The molecule has 1 aliphatic rings. The van der Waals surface area contributed by atoms with Crippen LogP contribution in [0.15, 0.2) is 36.2 Å². The van der Waals surface area contributed by atoms with Crippen molar-refractivity contribution in [3.8, 4) is 17.2 Å². The summed E-state index contributed by atoms with van der Waals surface area (Å²) in [6, 6.07) is 5.59. The molecular weight excluding hydrogens is 358 g/mol. The number of carbonyl (C=O) groups is 1. The summed E-state index contributed by atoms with van der Waals surface area (Å²) >= 11 is 0. The molecule has 0 saturated heterocycles. The lowest BCUT2D eigenvalue weighted by Crippen LogP contribution is -2.02. The van der Waals surface area contributed by atoms with E-state index in [9.17, 15) is 15.0 Å². The lowest BCUT2D eigenvalue weighted by molar-refractivity contribution is -0.132. The Hall–Kier alpha value is -3.02. The fourth-order valence-corrected chi connectivity index (χ4v) is 3.46. The molecule has 0 fully saturated rings. The SMILES string of the molecule is COc1c(O)cc2c(c1/C=C(/CCCCCc1cccnc1)C(=O)O)OCC2. The number of unbranched alkanes of at least 4 members (excludes halogenated alkanes) is 2. The first kappa shape index (κ1) is 19.7. The summed E-state index contributed by atoms with van der Waals surface area (Å²) < 4.78 is 11.0. The van der Waals surface area contributed by atoms with Gasteiger partial charge in [0.1, 0.15) is 5.75 Å². The van der Waals surface area contributed by atoms with Gasteiger partial charge in [0.25, 0.3) is 0 Å². The quantitative estimate of drug-likeness (QED) is 0.503. The Labute approximate surface area is 164 Å². The molecule has 2 N–H and O–H groups in total. The molecule has 148 valence electrons. The molecule has 2 aromatic rings. The molecular formula is C22H25NO5. The Morgan fingerprint density at radius 1 is 1.36 bits per heavy atom. The van der Waals surface area contributed by atoms with Gasteiger partial charge in [-0.05, 0) is 49.5 Å². The van der Waals surface area contributed by atoms with Gasteiger partial charge in [-0.3, -0.25) is 4.98 Å². The Bertz CT molecular complexity index is 857. The number of phenolic OH excluding ortho intramolecular Hbond substituents is 1. The maximum Gasteiger partial charge on any atom is 0.331 e. The highest BCUT2D eigenvalue weighted by Crippen LogP contribution is 2.43. The van der Waals surface area contributed by atoms with Gasteiger partial charge in [0.15, 0.2) is 11.5 Å². The number of pyridine rings is 1. The number of benzene rings is 1. The lowest BCUT2D eigenvalue weighted by atomic mass is 9.99. The van der Waals surface area contributed by atoms with E-state index in [1.165, 1.54) is 12.7 Å². The Morgan fingerprint density at radius 2 is 2.21 bits per heavy atom. The van der Waals surface area contributed by atoms with Gasteiger partial charge in [-0.15, -0.1) is 0 Å². The van der Waals surface area contributed by atoms with Crippen molar-refractivity contribution in [1.82, 2.24) is 4.98 Å². The highest BCUT2D eigenvalue weighted by atomic mass is 16.5. The van der Waals surface area contributed by atoms with Crippen molar-refractivity contribution in [3.63, 3.8) is 0 Å².